The fourth-order valence-corrected chi connectivity index (χ4v) is 3.46. The van der Waals surface area contributed by atoms with Crippen molar-refractivity contribution in [3.05, 3.63) is 24.3 Å². The smallest absolute Gasteiger partial charge is 0.261 e. The molecule has 0 aliphatic carbocycles. The Morgan fingerprint density at radius 2 is 1.81 bits per heavy atom. The average molecular weight is 358 g/mol. The number of nitrogens with one attached hydrogen (secondary N) is 1. The molecule has 0 aliphatic rings. The van der Waals surface area contributed by atoms with E-state index >= 15 is 0 Å². The van der Waals surface area contributed by atoms with Gasteiger partial charge in [-0.25, -0.2) is 21.6 Å². The van der Waals surface area contributed by atoms with E-state index in [-0.39, 0.29) is 22.9 Å². The van der Waals surface area contributed by atoms with Crippen LogP contribution in [0.4, 0.5) is 0 Å². The molecule has 7 nitrogen and oxygen atoms in total. The number of halogens is 1. The fourth-order valence-electron chi connectivity index (χ4n) is 1.48. The quantitative estimate of drug-likeness (QED) is 0.682. The summed E-state index contributed by atoms with van der Waals surface area (Å²) in [6.07, 6.45) is -0.454. The SMILES string of the molecule is COCC(CNS(=O)(=O)c1cccc(S(=O)(=O)Cl)c1)OC. The molecule has 10 heteroatoms. The second kappa shape index (κ2) is 7.52. The van der Waals surface area contributed by atoms with Gasteiger partial charge < -0.3 is 9.47 Å². The molecule has 0 saturated heterocycles. The van der Waals surface area contributed by atoms with Gasteiger partial charge in [0, 0.05) is 31.4 Å². The Balaban J connectivity index is 2.93. The van der Waals surface area contributed by atoms with E-state index < -0.39 is 25.2 Å². The van der Waals surface area contributed by atoms with E-state index in [0.29, 0.717) is 0 Å². The zero-order chi connectivity index (χ0) is 16.1. The van der Waals surface area contributed by atoms with Crippen LogP contribution < -0.4 is 4.72 Å². The first-order chi connectivity index (χ1) is 9.70. The topological polar surface area (TPSA) is 98.8 Å². The van der Waals surface area contributed by atoms with Gasteiger partial charge in [-0.3, -0.25) is 0 Å². The third-order valence-corrected chi connectivity index (χ3v) is 5.36. The lowest BCUT2D eigenvalue weighted by atomic mass is 10.4. The molecular formula is C11H16ClNO6S2. The minimum absolute atomic E-state index is 0.00940. The third kappa shape index (κ3) is 5.53. The van der Waals surface area contributed by atoms with Gasteiger partial charge in [-0.15, -0.1) is 0 Å². The number of sulfonamides is 1. The number of methoxy groups -OCH3 is 2. The molecule has 0 heterocycles. The van der Waals surface area contributed by atoms with Gasteiger partial charge in [0.15, 0.2) is 0 Å². The Kier molecular flexibility index (Phi) is 6.57. The third-order valence-electron chi connectivity index (χ3n) is 2.58. The van der Waals surface area contributed by atoms with Crippen LogP contribution in [0.2, 0.25) is 0 Å². The van der Waals surface area contributed by atoms with Crippen molar-refractivity contribution in [2.45, 2.75) is 15.9 Å². The highest BCUT2D eigenvalue weighted by Gasteiger charge is 2.19. The summed E-state index contributed by atoms with van der Waals surface area (Å²) in [7, 11) is 0.219. The normalized spacial score (nSPS) is 14.0. The maximum absolute atomic E-state index is 12.1. The van der Waals surface area contributed by atoms with Crippen molar-refractivity contribution in [2.24, 2.45) is 0 Å². The minimum atomic E-state index is -3.99. The van der Waals surface area contributed by atoms with Crippen molar-refractivity contribution in [3.8, 4) is 0 Å². The van der Waals surface area contributed by atoms with Gasteiger partial charge in [0.05, 0.1) is 22.5 Å². The first-order valence-corrected chi connectivity index (χ1v) is 9.56. The Morgan fingerprint density at radius 3 is 2.33 bits per heavy atom. The Hall–Kier alpha value is -0.710. The molecule has 0 bridgehead atoms. The van der Waals surface area contributed by atoms with Crippen LogP contribution >= 0.6 is 10.7 Å². The summed E-state index contributed by atoms with van der Waals surface area (Å²) in [5.41, 5.74) is 0. The standard InChI is InChI=1S/C11H16ClNO6S2/c1-18-8-9(19-2)7-13-21(16,17)11-5-3-4-10(6-11)20(12,14)15/h3-6,9,13H,7-8H2,1-2H3. The fraction of sp³-hybridized carbons (Fsp3) is 0.455. The molecule has 1 N–H and O–H groups in total. The largest absolute Gasteiger partial charge is 0.382 e. The van der Waals surface area contributed by atoms with Gasteiger partial charge in [-0.2, -0.15) is 0 Å². The average Bonchev–Trinajstić information content (AvgIpc) is 2.42. The second-order valence-corrected chi connectivity index (χ2v) is 8.41. The lowest BCUT2D eigenvalue weighted by molar-refractivity contribution is 0.0320. The molecule has 120 valence electrons. The molecule has 0 aliphatic heterocycles. The lowest BCUT2D eigenvalue weighted by Crippen LogP contribution is -2.35. The van der Waals surface area contributed by atoms with Crippen LogP contribution in [0.1, 0.15) is 0 Å². The van der Waals surface area contributed by atoms with Crippen LogP contribution in [0, 0.1) is 0 Å². The van der Waals surface area contributed by atoms with Gasteiger partial charge >= 0.3 is 0 Å². The van der Waals surface area contributed by atoms with Crippen LogP contribution in [0.25, 0.3) is 0 Å². The number of hydrogen-bond donors (Lipinski definition) is 1. The minimum Gasteiger partial charge on any atom is -0.382 e. The molecule has 0 radical (unpaired) electrons. The van der Waals surface area contributed by atoms with Crippen molar-refractivity contribution in [2.75, 3.05) is 27.4 Å². The Bertz CT molecular complexity index is 674. The first-order valence-electron chi connectivity index (χ1n) is 5.77. The summed E-state index contributed by atoms with van der Waals surface area (Å²) in [5, 5.41) is 0. The number of hydrogen-bond acceptors (Lipinski definition) is 6. The number of benzene rings is 1. The van der Waals surface area contributed by atoms with Gasteiger partial charge in [-0.05, 0) is 18.2 Å². The van der Waals surface area contributed by atoms with E-state index in [0.717, 1.165) is 6.07 Å². The molecule has 1 aromatic rings. The van der Waals surface area contributed by atoms with E-state index in [2.05, 4.69) is 4.72 Å². The summed E-state index contributed by atoms with van der Waals surface area (Å²) in [6.45, 7) is 0.208. The van der Waals surface area contributed by atoms with Crippen LogP contribution in [0.5, 0.6) is 0 Å². The van der Waals surface area contributed by atoms with Crippen LogP contribution in [-0.2, 0) is 28.5 Å². The van der Waals surface area contributed by atoms with Crippen LogP contribution in [0.3, 0.4) is 0 Å². The summed E-state index contributed by atoms with van der Waals surface area (Å²) < 4.78 is 58.9. The van der Waals surface area contributed by atoms with Crippen molar-refractivity contribution in [1.82, 2.24) is 4.72 Å². The van der Waals surface area contributed by atoms with Crippen molar-refractivity contribution in [3.63, 3.8) is 0 Å². The second-order valence-electron chi connectivity index (χ2n) is 4.08. The zero-order valence-electron chi connectivity index (χ0n) is 11.4. The van der Waals surface area contributed by atoms with Crippen LogP contribution in [0.15, 0.2) is 34.1 Å². The van der Waals surface area contributed by atoms with E-state index in [9.17, 15) is 16.8 Å². The van der Waals surface area contributed by atoms with Crippen molar-refractivity contribution in [1.29, 1.82) is 0 Å². The van der Waals surface area contributed by atoms with Crippen molar-refractivity contribution >= 4 is 29.8 Å². The van der Waals surface area contributed by atoms with Gasteiger partial charge in [0.25, 0.3) is 9.05 Å². The predicted octanol–water partition coefficient (Wildman–Crippen LogP) is 0.554. The summed E-state index contributed by atoms with van der Waals surface area (Å²) in [5.74, 6) is 0. The first kappa shape index (κ1) is 18.3. The zero-order valence-corrected chi connectivity index (χ0v) is 13.8. The van der Waals surface area contributed by atoms with Gasteiger partial charge in [0.1, 0.15) is 0 Å². The molecule has 1 aromatic carbocycles. The molecule has 0 saturated carbocycles. The van der Waals surface area contributed by atoms with E-state index in [1.165, 1.54) is 32.4 Å². The number of rotatable bonds is 8. The van der Waals surface area contributed by atoms with Gasteiger partial charge in [0.2, 0.25) is 10.0 Å². The molecule has 0 aromatic heterocycles. The molecule has 21 heavy (non-hydrogen) atoms. The molecule has 0 fully saturated rings. The van der Waals surface area contributed by atoms with E-state index in [4.69, 9.17) is 20.2 Å². The number of ether oxygens (including phenoxy) is 2. The Morgan fingerprint density at radius 1 is 1.19 bits per heavy atom. The highest BCUT2D eigenvalue weighted by Crippen LogP contribution is 2.18. The molecule has 1 unspecified atom stereocenters. The highest BCUT2D eigenvalue weighted by molar-refractivity contribution is 8.13. The lowest BCUT2D eigenvalue weighted by Gasteiger charge is -2.15. The summed E-state index contributed by atoms with van der Waals surface area (Å²) >= 11 is 0. The monoisotopic (exact) mass is 357 g/mol. The molecule has 1 rings (SSSR count). The maximum atomic E-state index is 12.1. The Labute approximate surface area is 128 Å². The summed E-state index contributed by atoms with van der Waals surface area (Å²) in [4.78, 5) is -0.483. The molecular weight excluding hydrogens is 342 g/mol. The molecule has 0 amide bonds. The predicted molar refractivity (Wildman–Crippen MR) is 77.3 cm³/mol. The molecule has 0 spiro atoms. The summed E-state index contributed by atoms with van der Waals surface area (Å²) in [6, 6.07) is 4.77. The van der Waals surface area contributed by atoms with E-state index in [1.807, 2.05) is 0 Å². The highest BCUT2D eigenvalue weighted by atomic mass is 35.7. The van der Waals surface area contributed by atoms with E-state index in [1.54, 1.807) is 0 Å². The van der Waals surface area contributed by atoms with Crippen LogP contribution in [-0.4, -0.2) is 50.3 Å². The maximum Gasteiger partial charge on any atom is 0.261 e. The van der Waals surface area contributed by atoms with Crippen molar-refractivity contribution < 1.29 is 26.3 Å². The molecule has 1 atom stereocenters. The van der Waals surface area contributed by atoms with Gasteiger partial charge in [-0.1, -0.05) is 6.07 Å².